The summed E-state index contributed by atoms with van der Waals surface area (Å²) in [5.41, 5.74) is 1.16. The molecule has 2 aromatic carbocycles. The molecule has 2 aromatic rings. The molecule has 0 aromatic heterocycles. The maximum absolute atomic E-state index is 13.7. The maximum Gasteiger partial charge on any atom is 0.338 e. The number of halogens is 1. The van der Waals surface area contributed by atoms with Crippen molar-refractivity contribution in [2.75, 3.05) is 42.7 Å². The van der Waals surface area contributed by atoms with Gasteiger partial charge in [0, 0.05) is 30.7 Å². The van der Waals surface area contributed by atoms with Crippen LogP contribution in [0, 0.1) is 12.3 Å². The summed E-state index contributed by atoms with van der Waals surface area (Å²) in [6.45, 7) is 12.8. The van der Waals surface area contributed by atoms with Crippen LogP contribution in [-0.2, 0) is 24.3 Å². The monoisotopic (exact) mass is 732 g/mol. The van der Waals surface area contributed by atoms with Crippen molar-refractivity contribution in [2.45, 2.75) is 106 Å². The summed E-state index contributed by atoms with van der Waals surface area (Å²) in [6, 6.07) is 9.90. The number of rotatable bonds is 22. The van der Waals surface area contributed by atoms with Crippen LogP contribution >= 0.6 is 11.6 Å². The summed E-state index contributed by atoms with van der Waals surface area (Å²) in [5, 5.41) is 2.88. The first-order valence-electron chi connectivity index (χ1n) is 17.8. The van der Waals surface area contributed by atoms with Gasteiger partial charge in [-0.15, -0.1) is 0 Å². The standard InChI is InChI=1S/C38H57ClN4O6S/c1-8-10-11-12-13-14-15-16-17-18-25-49-37(46)29-19-21-31(39)33(27-29)42-36(45)34(35(44)38(4,5)6)41-32-22-20-30(26-28(32)3)43(9-2)24-23-40-50(7,47)48/h19-22,26-27,40H,8-18,23-25H2,1-7H3,(H,42,45). The Hall–Kier alpha value is -3.28. The van der Waals surface area contributed by atoms with Gasteiger partial charge in [0.1, 0.15) is 0 Å². The number of carbonyl (C=O) groups excluding carboxylic acids is 3. The molecule has 0 aliphatic heterocycles. The molecule has 278 valence electrons. The highest BCUT2D eigenvalue weighted by molar-refractivity contribution is 7.88. The second-order valence-electron chi connectivity index (χ2n) is 13.7. The molecule has 2 rings (SSSR count). The molecule has 0 bridgehead atoms. The van der Waals surface area contributed by atoms with Crippen molar-refractivity contribution in [1.29, 1.82) is 0 Å². The van der Waals surface area contributed by atoms with Gasteiger partial charge in [-0.25, -0.2) is 22.9 Å². The van der Waals surface area contributed by atoms with E-state index < -0.39 is 33.1 Å². The van der Waals surface area contributed by atoms with Crippen LogP contribution in [0.3, 0.4) is 0 Å². The lowest BCUT2D eigenvalue weighted by molar-refractivity contribution is -0.121. The van der Waals surface area contributed by atoms with Crippen LogP contribution in [0.5, 0.6) is 0 Å². The van der Waals surface area contributed by atoms with E-state index in [0.29, 0.717) is 30.9 Å². The first-order chi connectivity index (χ1) is 23.6. The van der Waals surface area contributed by atoms with Crippen molar-refractivity contribution in [3.8, 4) is 0 Å². The van der Waals surface area contributed by atoms with Gasteiger partial charge in [0.15, 0.2) is 11.5 Å². The van der Waals surface area contributed by atoms with Crippen LogP contribution in [0.25, 0.3) is 0 Å². The minimum atomic E-state index is -3.31. The Bertz CT molecular complexity index is 1570. The average Bonchev–Trinajstić information content (AvgIpc) is 3.04. The summed E-state index contributed by atoms with van der Waals surface area (Å²) < 4.78 is 30.9. The molecule has 2 N–H and O–H groups in total. The Balaban J connectivity index is 2.13. The highest BCUT2D eigenvalue weighted by Crippen LogP contribution is 2.28. The lowest BCUT2D eigenvalue weighted by Crippen LogP contribution is -2.37. The van der Waals surface area contributed by atoms with Gasteiger partial charge in [0.2, 0.25) is 10.0 Å². The molecule has 10 nitrogen and oxygen atoms in total. The lowest BCUT2D eigenvalue weighted by Gasteiger charge is -2.24. The summed E-state index contributed by atoms with van der Waals surface area (Å²) >= 11 is 6.41. The van der Waals surface area contributed by atoms with Gasteiger partial charge in [-0.1, -0.05) is 97.1 Å². The van der Waals surface area contributed by atoms with Crippen molar-refractivity contribution >= 4 is 62.1 Å². The van der Waals surface area contributed by atoms with Crippen molar-refractivity contribution < 1.29 is 27.5 Å². The van der Waals surface area contributed by atoms with E-state index in [4.69, 9.17) is 16.3 Å². The second kappa shape index (κ2) is 21.2. The maximum atomic E-state index is 13.7. The summed E-state index contributed by atoms with van der Waals surface area (Å²) in [4.78, 5) is 46.5. The number of Topliss-reactive ketones (excluding diaryl/α,β-unsaturated/α-hetero) is 1. The van der Waals surface area contributed by atoms with Crippen molar-refractivity contribution in [1.82, 2.24) is 4.72 Å². The van der Waals surface area contributed by atoms with Gasteiger partial charge in [0.05, 0.1) is 34.8 Å². The minimum absolute atomic E-state index is 0.160. The van der Waals surface area contributed by atoms with Crippen LogP contribution in [-0.4, -0.2) is 64.3 Å². The van der Waals surface area contributed by atoms with Gasteiger partial charge in [0.25, 0.3) is 5.91 Å². The highest BCUT2D eigenvalue weighted by atomic mass is 35.5. The third-order valence-electron chi connectivity index (χ3n) is 8.20. The number of benzene rings is 2. The average molecular weight is 733 g/mol. The molecular formula is C38H57ClN4O6S. The minimum Gasteiger partial charge on any atom is -0.462 e. The number of sulfonamides is 1. The van der Waals surface area contributed by atoms with Crippen LogP contribution in [0.2, 0.25) is 5.02 Å². The van der Waals surface area contributed by atoms with Crippen molar-refractivity contribution in [3.63, 3.8) is 0 Å². The number of hydrogen-bond donors (Lipinski definition) is 2. The number of carbonyl (C=O) groups is 3. The molecule has 50 heavy (non-hydrogen) atoms. The fourth-order valence-corrected chi connectivity index (χ4v) is 5.87. The highest BCUT2D eigenvalue weighted by Gasteiger charge is 2.31. The number of aryl methyl sites for hydroxylation is 1. The topological polar surface area (TPSA) is 134 Å². The van der Waals surface area contributed by atoms with E-state index in [2.05, 4.69) is 22.0 Å². The fraction of sp³-hybridized carbons (Fsp3) is 0.579. The number of unbranched alkanes of at least 4 members (excludes halogenated alkanes) is 9. The third kappa shape index (κ3) is 15.3. The van der Waals surface area contributed by atoms with E-state index in [0.717, 1.165) is 31.2 Å². The van der Waals surface area contributed by atoms with Gasteiger partial charge < -0.3 is 15.0 Å². The number of ketones is 1. The molecule has 0 saturated carbocycles. The van der Waals surface area contributed by atoms with Crippen LogP contribution in [0.15, 0.2) is 41.4 Å². The van der Waals surface area contributed by atoms with E-state index in [9.17, 15) is 22.8 Å². The smallest absolute Gasteiger partial charge is 0.338 e. The van der Waals surface area contributed by atoms with Crippen LogP contribution in [0.4, 0.5) is 17.1 Å². The largest absolute Gasteiger partial charge is 0.462 e. The molecule has 0 unspecified atom stereocenters. The number of anilines is 2. The van der Waals surface area contributed by atoms with E-state index in [-0.39, 0.29) is 28.5 Å². The number of hydrogen-bond acceptors (Lipinski definition) is 8. The number of esters is 1. The molecule has 0 aliphatic rings. The zero-order chi connectivity index (χ0) is 37.3. The van der Waals surface area contributed by atoms with E-state index >= 15 is 0 Å². The van der Waals surface area contributed by atoms with Crippen LogP contribution in [0.1, 0.15) is 115 Å². The first kappa shape index (κ1) is 42.9. The Morgan fingerprint density at radius 3 is 2.08 bits per heavy atom. The molecule has 1 amide bonds. The number of likely N-dealkylation sites (N-methyl/N-ethyl adjacent to an activating group) is 1. The Kier molecular flexibility index (Phi) is 18.2. The predicted octanol–water partition coefficient (Wildman–Crippen LogP) is 8.43. The molecule has 0 aliphatic carbocycles. The Morgan fingerprint density at radius 1 is 0.900 bits per heavy atom. The van der Waals surface area contributed by atoms with Gasteiger partial charge in [-0.3, -0.25) is 9.59 Å². The van der Waals surface area contributed by atoms with Gasteiger partial charge in [-0.05, 0) is 62.2 Å². The number of nitrogens with one attached hydrogen (secondary N) is 2. The number of nitrogens with zero attached hydrogens (tertiary/aromatic N) is 2. The fourth-order valence-electron chi connectivity index (χ4n) is 5.25. The van der Waals surface area contributed by atoms with Gasteiger partial charge >= 0.3 is 5.97 Å². The summed E-state index contributed by atoms with van der Waals surface area (Å²) in [6.07, 6.45) is 12.9. The lowest BCUT2D eigenvalue weighted by atomic mass is 9.87. The molecule has 0 saturated heterocycles. The molecule has 0 fully saturated rings. The molecule has 0 spiro atoms. The molecular weight excluding hydrogens is 676 g/mol. The van der Waals surface area contributed by atoms with Crippen molar-refractivity contribution in [2.24, 2.45) is 10.4 Å². The third-order valence-corrected chi connectivity index (χ3v) is 9.26. The van der Waals surface area contributed by atoms with Crippen LogP contribution < -0.4 is 14.9 Å². The predicted molar refractivity (Wildman–Crippen MR) is 206 cm³/mol. The molecule has 0 atom stereocenters. The summed E-state index contributed by atoms with van der Waals surface area (Å²) in [7, 11) is -3.31. The van der Waals surface area contributed by atoms with Gasteiger partial charge in [-0.2, -0.15) is 0 Å². The zero-order valence-electron chi connectivity index (χ0n) is 31.0. The quantitative estimate of drug-likeness (QED) is 0.0537. The molecule has 0 radical (unpaired) electrons. The number of aliphatic imine (C=N–C) groups is 1. The SMILES string of the molecule is CCCCCCCCCCCCOC(=O)c1ccc(Cl)c(NC(=O)C(=Nc2ccc(N(CC)CCNS(C)(=O)=O)cc2C)C(=O)C(C)(C)C)c1. The molecule has 12 heteroatoms. The Labute approximate surface area is 304 Å². The second-order valence-corrected chi connectivity index (χ2v) is 16.0. The van der Waals surface area contributed by atoms with E-state index in [1.807, 2.05) is 30.9 Å². The van der Waals surface area contributed by atoms with E-state index in [1.54, 1.807) is 26.8 Å². The normalized spacial score (nSPS) is 12.1. The number of amides is 1. The van der Waals surface area contributed by atoms with Crippen molar-refractivity contribution in [3.05, 3.63) is 52.5 Å². The number of ether oxygens (including phenoxy) is 1. The molecule has 0 heterocycles. The first-order valence-corrected chi connectivity index (χ1v) is 20.1. The Morgan fingerprint density at radius 2 is 1.52 bits per heavy atom. The van der Waals surface area contributed by atoms with E-state index in [1.165, 1.54) is 63.1 Å². The summed E-state index contributed by atoms with van der Waals surface area (Å²) in [5.74, 6) is -1.74. The zero-order valence-corrected chi connectivity index (χ0v) is 32.6.